The third-order valence-electron chi connectivity index (χ3n) is 3.20. The highest BCUT2D eigenvalue weighted by atomic mass is 16.2. The predicted octanol–water partition coefficient (Wildman–Crippen LogP) is 1.24. The molecule has 0 spiro atoms. The first kappa shape index (κ1) is 15.9. The Bertz CT molecular complexity index is 488. The van der Waals surface area contributed by atoms with Crippen LogP contribution in [0.15, 0.2) is 12.7 Å². The first-order valence-corrected chi connectivity index (χ1v) is 6.62. The van der Waals surface area contributed by atoms with Gasteiger partial charge >= 0.3 is 0 Å². The third-order valence-corrected chi connectivity index (χ3v) is 3.20. The number of nitrogens with one attached hydrogen (secondary N) is 2. The molecule has 1 heterocycles. The molecule has 0 radical (unpaired) electrons. The van der Waals surface area contributed by atoms with Gasteiger partial charge in [0.15, 0.2) is 0 Å². The Morgan fingerprint density at radius 3 is 2.60 bits per heavy atom. The lowest BCUT2D eigenvalue weighted by Crippen LogP contribution is -2.40. The molecular formula is C14H22N4O2. The Morgan fingerprint density at radius 1 is 1.50 bits per heavy atom. The lowest BCUT2D eigenvalue weighted by Gasteiger charge is -2.20. The fourth-order valence-corrected chi connectivity index (χ4v) is 2.20. The Morgan fingerprint density at radius 2 is 2.15 bits per heavy atom. The van der Waals surface area contributed by atoms with Gasteiger partial charge in [0.25, 0.3) is 0 Å². The summed E-state index contributed by atoms with van der Waals surface area (Å²) in [4.78, 5) is 24.9. The number of rotatable bonds is 6. The van der Waals surface area contributed by atoms with Gasteiger partial charge in [-0.3, -0.25) is 14.7 Å². The lowest BCUT2D eigenvalue weighted by molar-refractivity contribution is -0.132. The van der Waals surface area contributed by atoms with Crippen LogP contribution in [0.25, 0.3) is 0 Å². The van der Waals surface area contributed by atoms with Gasteiger partial charge in [0.05, 0.1) is 18.3 Å². The minimum absolute atomic E-state index is 0.0294. The molecule has 0 saturated carbocycles. The maximum atomic E-state index is 12.0. The molecule has 0 saturated heterocycles. The number of carbonyl (C=O) groups excluding carboxylic acids is 2. The highest BCUT2D eigenvalue weighted by Crippen LogP contribution is 2.18. The highest BCUT2D eigenvalue weighted by molar-refractivity contribution is 5.90. The van der Waals surface area contributed by atoms with Crippen LogP contribution in [0.1, 0.15) is 36.8 Å². The van der Waals surface area contributed by atoms with Gasteiger partial charge in [-0.2, -0.15) is 5.10 Å². The van der Waals surface area contributed by atoms with E-state index in [9.17, 15) is 9.59 Å². The highest BCUT2D eigenvalue weighted by Gasteiger charge is 2.18. The summed E-state index contributed by atoms with van der Waals surface area (Å²) in [5.41, 5.74) is 2.78. The van der Waals surface area contributed by atoms with Gasteiger partial charge in [-0.15, -0.1) is 0 Å². The van der Waals surface area contributed by atoms with Crippen LogP contribution in [0.5, 0.6) is 0 Å². The van der Waals surface area contributed by atoms with Gasteiger partial charge < -0.3 is 10.2 Å². The van der Waals surface area contributed by atoms with E-state index in [1.807, 2.05) is 27.7 Å². The number of aromatic nitrogens is 2. The van der Waals surface area contributed by atoms with Crippen LogP contribution in [-0.2, 0) is 9.59 Å². The molecule has 1 aromatic heterocycles. The van der Waals surface area contributed by atoms with E-state index in [1.165, 1.54) is 11.0 Å². The van der Waals surface area contributed by atoms with Crippen molar-refractivity contribution in [2.75, 3.05) is 13.1 Å². The van der Waals surface area contributed by atoms with E-state index < -0.39 is 0 Å². The summed E-state index contributed by atoms with van der Waals surface area (Å²) in [6.45, 7) is 11.4. The van der Waals surface area contributed by atoms with Crippen molar-refractivity contribution in [2.24, 2.45) is 0 Å². The van der Waals surface area contributed by atoms with E-state index in [0.29, 0.717) is 6.54 Å². The van der Waals surface area contributed by atoms with Crippen LogP contribution in [0.3, 0.4) is 0 Å². The Kier molecular flexibility index (Phi) is 5.49. The monoisotopic (exact) mass is 278 g/mol. The number of nitrogens with zero attached hydrogens (tertiary/aromatic N) is 2. The predicted molar refractivity (Wildman–Crippen MR) is 77.1 cm³/mol. The largest absolute Gasteiger partial charge is 0.348 e. The summed E-state index contributed by atoms with van der Waals surface area (Å²) in [6.07, 6.45) is 1.21. The molecule has 20 heavy (non-hydrogen) atoms. The van der Waals surface area contributed by atoms with Crippen LogP contribution in [0, 0.1) is 13.8 Å². The van der Waals surface area contributed by atoms with Crippen LogP contribution in [0.4, 0.5) is 0 Å². The number of H-pyrrole nitrogens is 1. The summed E-state index contributed by atoms with van der Waals surface area (Å²) >= 11 is 0. The van der Waals surface area contributed by atoms with Gasteiger partial charge in [0, 0.05) is 17.8 Å². The topological polar surface area (TPSA) is 78.1 Å². The molecule has 6 heteroatoms. The maximum Gasteiger partial charge on any atom is 0.246 e. The average Bonchev–Trinajstić information content (AvgIpc) is 2.74. The van der Waals surface area contributed by atoms with E-state index in [0.717, 1.165) is 17.0 Å². The van der Waals surface area contributed by atoms with Gasteiger partial charge in [-0.25, -0.2) is 0 Å². The summed E-state index contributed by atoms with van der Waals surface area (Å²) in [6, 6.07) is -0.154. The molecule has 6 nitrogen and oxygen atoms in total. The fraction of sp³-hybridized carbons (Fsp3) is 0.500. The van der Waals surface area contributed by atoms with Crippen molar-refractivity contribution in [3.05, 3.63) is 29.6 Å². The second-order valence-corrected chi connectivity index (χ2v) is 4.69. The molecule has 1 aromatic rings. The molecule has 0 aliphatic rings. The summed E-state index contributed by atoms with van der Waals surface area (Å²) < 4.78 is 0. The van der Waals surface area contributed by atoms with E-state index in [4.69, 9.17) is 0 Å². The van der Waals surface area contributed by atoms with Crippen molar-refractivity contribution in [3.63, 3.8) is 0 Å². The summed E-state index contributed by atoms with van der Waals surface area (Å²) in [7, 11) is 0. The van der Waals surface area contributed by atoms with E-state index in [2.05, 4.69) is 22.1 Å². The molecular weight excluding hydrogens is 256 g/mol. The average molecular weight is 278 g/mol. The van der Waals surface area contributed by atoms with Gasteiger partial charge in [0.2, 0.25) is 11.8 Å². The zero-order valence-electron chi connectivity index (χ0n) is 12.5. The molecule has 0 aliphatic heterocycles. The SMILES string of the molecule is C=CC(=O)N(CC)CC(=O)NC(C)c1c(C)n[nH]c1C. The van der Waals surface area contributed by atoms with Gasteiger partial charge in [-0.1, -0.05) is 6.58 Å². The van der Waals surface area contributed by atoms with Crippen molar-refractivity contribution in [1.82, 2.24) is 20.4 Å². The van der Waals surface area contributed by atoms with Crippen LogP contribution < -0.4 is 5.32 Å². The van der Waals surface area contributed by atoms with Crippen LogP contribution >= 0.6 is 0 Å². The molecule has 1 atom stereocenters. The number of hydrogen-bond donors (Lipinski definition) is 2. The second kappa shape index (κ2) is 6.88. The van der Waals surface area contributed by atoms with Crippen molar-refractivity contribution >= 4 is 11.8 Å². The fourth-order valence-electron chi connectivity index (χ4n) is 2.20. The summed E-state index contributed by atoms with van der Waals surface area (Å²) in [5.74, 6) is -0.444. The molecule has 0 aliphatic carbocycles. The minimum Gasteiger partial charge on any atom is -0.348 e. The van der Waals surface area contributed by atoms with E-state index in [1.54, 1.807) is 0 Å². The van der Waals surface area contributed by atoms with E-state index >= 15 is 0 Å². The number of aromatic amines is 1. The molecule has 2 amide bonds. The van der Waals surface area contributed by atoms with Gasteiger partial charge in [-0.05, 0) is 33.8 Å². The molecule has 110 valence electrons. The maximum absolute atomic E-state index is 12.0. The minimum atomic E-state index is -0.244. The third kappa shape index (κ3) is 3.69. The van der Waals surface area contributed by atoms with E-state index in [-0.39, 0.29) is 24.4 Å². The van der Waals surface area contributed by atoms with Crippen molar-refractivity contribution in [1.29, 1.82) is 0 Å². The smallest absolute Gasteiger partial charge is 0.246 e. The number of aryl methyl sites for hydroxylation is 2. The number of likely N-dealkylation sites (N-methyl/N-ethyl adjacent to an activating group) is 1. The molecule has 1 unspecified atom stereocenters. The molecule has 2 N–H and O–H groups in total. The first-order chi connectivity index (χ1) is 9.40. The zero-order valence-corrected chi connectivity index (χ0v) is 12.5. The quantitative estimate of drug-likeness (QED) is 0.768. The lowest BCUT2D eigenvalue weighted by atomic mass is 10.1. The molecule has 0 fully saturated rings. The van der Waals surface area contributed by atoms with Crippen LogP contribution in [0.2, 0.25) is 0 Å². The Balaban J connectivity index is 2.66. The molecule has 1 rings (SSSR count). The van der Waals surface area contributed by atoms with Gasteiger partial charge in [0.1, 0.15) is 0 Å². The summed E-state index contributed by atoms with van der Waals surface area (Å²) in [5, 5.41) is 9.88. The second-order valence-electron chi connectivity index (χ2n) is 4.69. The normalized spacial score (nSPS) is 11.8. The first-order valence-electron chi connectivity index (χ1n) is 6.62. The molecule has 0 bridgehead atoms. The zero-order chi connectivity index (χ0) is 15.3. The Labute approximate surface area is 119 Å². The number of amides is 2. The standard InChI is InChI=1S/C14H22N4O2/c1-6-13(20)18(7-2)8-12(19)15-9(3)14-10(4)16-17-11(14)5/h6,9H,1,7-8H2,2-5H3,(H,15,19)(H,16,17). The van der Waals surface area contributed by atoms with Crippen molar-refractivity contribution in [2.45, 2.75) is 33.7 Å². The van der Waals surface area contributed by atoms with Crippen LogP contribution in [-0.4, -0.2) is 40.0 Å². The Hall–Kier alpha value is -2.11. The number of carbonyl (C=O) groups is 2. The van der Waals surface area contributed by atoms with Crippen molar-refractivity contribution in [3.8, 4) is 0 Å². The molecule has 0 aromatic carbocycles. The number of hydrogen-bond acceptors (Lipinski definition) is 3. The van der Waals surface area contributed by atoms with Crippen molar-refractivity contribution < 1.29 is 9.59 Å².